The molecule has 0 amide bonds. The van der Waals surface area contributed by atoms with Gasteiger partial charge in [0, 0.05) is 12.2 Å². The molecule has 0 aliphatic carbocycles. The number of rotatable bonds is 3. The summed E-state index contributed by atoms with van der Waals surface area (Å²) in [4.78, 5) is 4.56. The second kappa shape index (κ2) is 4.89. The van der Waals surface area contributed by atoms with Gasteiger partial charge in [-0.3, -0.25) is 0 Å². The maximum atomic E-state index is 5.80. The number of hydrogen-bond acceptors (Lipinski definition) is 3. The number of nitrogens with zero attached hydrogens (tertiary/aromatic N) is 2. The van der Waals surface area contributed by atoms with Crippen molar-refractivity contribution in [3.63, 3.8) is 0 Å². The Morgan fingerprint density at radius 2 is 1.90 bits per heavy atom. The lowest BCUT2D eigenvalue weighted by atomic mass is 10.2. The molecule has 2 N–H and O–H groups in total. The number of anilines is 1. The molecule has 2 aromatic carbocycles. The predicted octanol–water partition coefficient (Wildman–Crippen LogP) is 2.98. The number of nitrogens with two attached hydrogens (primary N) is 1. The van der Waals surface area contributed by atoms with Crippen molar-refractivity contribution in [2.24, 2.45) is 0 Å². The Bertz CT molecular complexity index is 744. The number of imidazole rings is 1. The van der Waals surface area contributed by atoms with E-state index >= 15 is 0 Å². The number of methoxy groups -OCH3 is 1. The minimum Gasteiger partial charge on any atom is -0.497 e. The molecule has 1 aromatic heterocycles. The lowest BCUT2D eigenvalue weighted by Crippen LogP contribution is -2.02. The van der Waals surface area contributed by atoms with E-state index in [1.807, 2.05) is 37.3 Å². The fourth-order valence-electron chi connectivity index (χ4n) is 2.38. The maximum absolute atomic E-state index is 5.80. The van der Waals surface area contributed by atoms with Gasteiger partial charge in [0.15, 0.2) is 0 Å². The minimum absolute atomic E-state index is 0.742. The summed E-state index contributed by atoms with van der Waals surface area (Å²) in [6, 6.07) is 13.9. The molecule has 0 aliphatic rings. The zero-order valence-electron chi connectivity index (χ0n) is 11.6. The average molecular weight is 267 g/mol. The summed E-state index contributed by atoms with van der Waals surface area (Å²) in [5.74, 6) is 1.86. The Hall–Kier alpha value is -2.49. The van der Waals surface area contributed by atoms with Crippen LogP contribution in [-0.2, 0) is 6.54 Å². The highest BCUT2D eigenvalue weighted by molar-refractivity contribution is 5.79. The molecule has 20 heavy (non-hydrogen) atoms. The van der Waals surface area contributed by atoms with Gasteiger partial charge in [-0.25, -0.2) is 4.98 Å². The summed E-state index contributed by atoms with van der Waals surface area (Å²) < 4.78 is 7.37. The first-order valence-corrected chi connectivity index (χ1v) is 6.52. The Morgan fingerprint density at radius 1 is 1.15 bits per heavy atom. The third-order valence-corrected chi connectivity index (χ3v) is 3.46. The second-order valence-corrected chi connectivity index (χ2v) is 4.84. The number of aryl methyl sites for hydroxylation is 1. The second-order valence-electron chi connectivity index (χ2n) is 4.84. The quantitative estimate of drug-likeness (QED) is 0.742. The fourth-order valence-corrected chi connectivity index (χ4v) is 2.38. The molecule has 3 rings (SSSR count). The molecule has 0 unspecified atom stereocenters. The first-order chi connectivity index (χ1) is 9.67. The summed E-state index contributed by atoms with van der Waals surface area (Å²) in [7, 11) is 1.67. The smallest absolute Gasteiger partial charge is 0.118 e. The number of ether oxygens (including phenoxy) is 1. The zero-order chi connectivity index (χ0) is 14.1. The Morgan fingerprint density at radius 3 is 2.60 bits per heavy atom. The van der Waals surface area contributed by atoms with Crippen molar-refractivity contribution < 1.29 is 4.74 Å². The van der Waals surface area contributed by atoms with E-state index in [-0.39, 0.29) is 0 Å². The fraction of sp³-hybridized carbons (Fsp3) is 0.188. The molecule has 4 heteroatoms. The highest BCUT2D eigenvalue weighted by Gasteiger charge is 2.08. The van der Waals surface area contributed by atoms with E-state index in [0.717, 1.165) is 34.8 Å². The number of benzene rings is 2. The van der Waals surface area contributed by atoms with Crippen LogP contribution in [0.5, 0.6) is 5.75 Å². The van der Waals surface area contributed by atoms with E-state index < -0.39 is 0 Å². The van der Waals surface area contributed by atoms with Gasteiger partial charge < -0.3 is 15.0 Å². The minimum atomic E-state index is 0.742. The molecule has 1 heterocycles. The van der Waals surface area contributed by atoms with Gasteiger partial charge in [-0.15, -0.1) is 0 Å². The number of nitrogen functional groups attached to an aromatic ring is 1. The van der Waals surface area contributed by atoms with Gasteiger partial charge in [-0.05, 0) is 42.8 Å². The molecule has 0 atom stereocenters. The van der Waals surface area contributed by atoms with Gasteiger partial charge in [0.25, 0.3) is 0 Å². The molecule has 0 saturated heterocycles. The highest BCUT2D eigenvalue weighted by atomic mass is 16.5. The van der Waals surface area contributed by atoms with Crippen LogP contribution in [0.4, 0.5) is 5.69 Å². The normalized spacial score (nSPS) is 10.9. The van der Waals surface area contributed by atoms with Crippen molar-refractivity contribution in [1.82, 2.24) is 9.55 Å². The SMILES string of the molecule is COc1ccc(Cn2c(C)nc3cc(N)ccc32)cc1. The van der Waals surface area contributed by atoms with Gasteiger partial charge in [0.2, 0.25) is 0 Å². The zero-order valence-corrected chi connectivity index (χ0v) is 11.6. The lowest BCUT2D eigenvalue weighted by Gasteiger charge is -2.08. The molecule has 0 bridgehead atoms. The summed E-state index contributed by atoms with van der Waals surface area (Å²) >= 11 is 0. The van der Waals surface area contributed by atoms with Crippen LogP contribution in [0.2, 0.25) is 0 Å². The van der Waals surface area contributed by atoms with Crippen molar-refractivity contribution in [3.05, 3.63) is 53.9 Å². The highest BCUT2D eigenvalue weighted by Crippen LogP contribution is 2.21. The van der Waals surface area contributed by atoms with Crippen LogP contribution in [0.25, 0.3) is 11.0 Å². The maximum Gasteiger partial charge on any atom is 0.118 e. The monoisotopic (exact) mass is 267 g/mol. The first kappa shape index (κ1) is 12.5. The summed E-state index contributed by atoms with van der Waals surface area (Å²) in [5.41, 5.74) is 9.80. The van der Waals surface area contributed by atoms with Crippen molar-refractivity contribution in [2.75, 3.05) is 12.8 Å². The Kier molecular flexibility index (Phi) is 3.06. The Balaban J connectivity index is 1.99. The third kappa shape index (κ3) is 2.20. The van der Waals surface area contributed by atoms with Crippen LogP contribution in [0.3, 0.4) is 0 Å². The molecular formula is C16H17N3O. The van der Waals surface area contributed by atoms with E-state index in [9.17, 15) is 0 Å². The molecule has 4 nitrogen and oxygen atoms in total. The molecule has 0 radical (unpaired) electrons. The van der Waals surface area contributed by atoms with Crippen LogP contribution >= 0.6 is 0 Å². The van der Waals surface area contributed by atoms with Crippen molar-refractivity contribution in [3.8, 4) is 5.75 Å². The summed E-state index contributed by atoms with van der Waals surface area (Å²) in [5, 5.41) is 0. The predicted molar refractivity (Wildman–Crippen MR) is 81.0 cm³/mol. The van der Waals surface area contributed by atoms with Crippen LogP contribution in [0.1, 0.15) is 11.4 Å². The standard InChI is InChI=1S/C16H17N3O/c1-11-18-15-9-13(17)5-8-16(15)19(11)10-12-3-6-14(20-2)7-4-12/h3-9H,10,17H2,1-2H3. The molecule has 102 valence electrons. The summed E-state index contributed by atoms with van der Waals surface area (Å²) in [6.07, 6.45) is 0. The lowest BCUT2D eigenvalue weighted by molar-refractivity contribution is 0.414. The van der Waals surface area contributed by atoms with E-state index in [4.69, 9.17) is 10.5 Å². The average Bonchev–Trinajstić information content (AvgIpc) is 2.75. The van der Waals surface area contributed by atoms with Crippen LogP contribution in [-0.4, -0.2) is 16.7 Å². The molecule has 0 fully saturated rings. The van der Waals surface area contributed by atoms with Gasteiger partial charge >= 0.3 is 0 Å². The molecule has 0 aliphatic heterocycles. The van der Waals surface area contributed by atoms with E-state index in [1.165, 1.54) is 5.56 Å². The summed E-state index contributed by atoms with van der Waals surface area (Å²) in [6.45, 7) is 2.80. The molecule has 3 aromatic rings. The van der Waals surface area contributed by atoms with Gasteiger partial charge in [-0.2, -0.15) is 0 Å². The van der Waals surface area contributed by atoms with Crippen molar-refractivity contribution >= 4 is 16.7 Å². The van der Waals surface area contributed by atoms with E-state index in [1.54, 1.807) is 7.11 Å². The van der Waals surface area contributed by atoms with Gasteiger partial charge in [0.05, 0.1) is 18.1 Å². The van der Waals surface area contributed by atoms with E-state index in [2.05, 4.69) is 21.7 Å². The van der Waals surface area contributed by atoms with Crippen molar-refractivity contribution in [1.29, 1.82) is 0 Å². The van der Waals surface area contributed by atoms with Gasteiger partial charge in [0.1, 0.15) is 11.6 Å². The Labute approximate surface area is 117 Å². The van der Waals surface area contributed by atoms with Crippen LogP contribution in [0, 0.1) is 6.92 Å². The third-order valence-electron chi connectivity index (χ3n) is 3.46. The number of fused-ring (bicyclic) bond motifs is 1. The van der Waals surface area contributed by atoms with Crippen molar-refractivity contribution in [2.45, 2.75) is 13.5 Å². The van der Waals surface area contributed by atoms with Crippen LogP contribution < -0.4 is 10.5 Å². The molecule has 0 spiro atoms. The largest absolute Gasteiger partial charge is 0.497 e. The van der Waals surface area contributed by atoms with Gasteiger partial charge in [-0.1, -0.05) is 12.1 Å². The van der Waals surface area contributed by atoms with E-state index in [0.29, 0.717) is 0 Å². The van der Waals surface area contributed by atoms with Crippen LogP contribution in [0.15, 0.2) is 42.5 Å². The molecular weight excluding hydrogens is 250 g/mol. The topological polar surface area (TPSA) is 53.1 Å². The number of aromatic nitrogens is 2. The first-order valence-electron chi connectivity index (χ1n) is 6.52. The number of hydrogen-bond donors (Lipinski definition) is 1. The molecule has 0 saturated carbocycles.